The van der Waals surface area contributed by atoms with Gasteiger partial charge in [-0.15, -0.1) is 0 Å². The first-order chi connectivity index (χ1) is 8.50. The van der Waals surface area contributed by atoms with Crippen molar-refractivity contribution in [3.05, 3.63) is 59.2 Å². The largest absolute Gasteiger partial charge is 0.0688 e. The molecule has 1 aliphatic rings. The average molecular weight is 252 g/mol. The summed E-state index contributed by atoms with van der Waals surface area (Å²) in [5.41, 5.74) is 8.20. The summed E-state index contributed by atoms with van der Waals surface area (Å²) in [6.07, 6.45) is 0. The van der Waals surface area contributed by atoms with Crippen LogP contribution in [-0.2, 0) is 0 Å². The van der Waals surface area contributed by atoms with Gasteiger partial charge in [0.05, 0.1) is 8.07 Å². The molecule has 0 nitrogen and oxygen atoms in total. The summed E-state index contributed by atoms with van der Waals surface area (Å²) in [4.78, 5) is 0. The standard InChI is InChI=1S/C17H20Si/c1-12-8-7-11-14-13-9-5-6-10-15(13)17(16(12)14)18(2,3)4/h5-11,17H,1-4H3. The lowest BCUT2D eigenvalue weighted by molar-refractivity contribution is 1.10. The van der Waals surface area contributed by atoms with Gasteiger partial charge in [0.1, 0.15) is 0 Å². The molecule has 0 heterocycles. The van der Waals surface area contributed by atoms with Crippen molar-refractivity contribution in [3.63, 3.8) is 0 Å². The van der Waals surface area contributed by atoms with Gasteiger partial charge in [-0.05, 0) is 34.7 Å². The molecule has 0 saturated heterocycles. The van der Waals surface area contributed by atoms with E-state index in [1.807, 2.05) is 0 Å². The molecule has 0 spiro atoms. The van der Waals surface area contributed by atoms with Gasteiger partial charge < -0.3 is 0 Å². The first kappa shape index (κ1) is 11.7. The summed E-state index contributed by atoms with van der Waals surface area (Å²) in [7, 11) is -1.26. The molecule has 3 rings (SSSR count). The quantitative estimate of drug-likeness (QED) is 0.628. The Bertz CT molecular complexity index is 605. The van der Waals surface area contributed by atoms with Gasteiger partial charge in [-0.3, -0.25) is 0 Å². The van der Waals surface area contributed by atoms with Crippen LogP contribution in [0, 0.1) is 6.92 Å². The number of rotatable bonds is 1. The van der Waals surface area contributed by atoms with Crippen molar-refractivity contribution < 1.29 is 0 Å². The topological polar surface area (TPSA) is 0 Å². The monoisotopic (exact) mass is 252 g/mol. The fraction of sp³-hybridized carbons (Fsp3) is 0.294. The number of fused-ring (bicyclic) bond motifs is 3. The normalized spacial score (nSPS) is 17.4. The van der Waals surface area contributed by atoms with Crippen LogP contribution in [0.2, 0.25) is 19.6 Å². The van der Waals surface area contributed by atoms with Crippen molar-refractivity contribution in [2.45, 2.75) is 32.1 Å². The van der Waals surface area contributed by atoms with Crippen LogP contribution in [0.4, 0.5) is 0 Å². The molecule has 0 aromatic heterocycles. The van der Waals surface area contributed by atoms with Crippen LogP contribution in [0.25, 0.3) is 11.1 Å². The van der Waals surface area contributed by atoms with Crippen LogP contribution in [0.3, 0.4) is 0 Å². The maximum Gasteiger partial charge on any atom is 0.0574 e. The van der Waals surface area contributed by atoms with Crippen LogP contribution in [0.15, 0.2) is 42.5 Å². The Morgan fingerprint density at radius 3 is 2.22 bits per heavy atom. The maximum atomic E-state index is 2.48. The Morgan fingerprint density at radius 2 is 1.50 bits per heavy atom. The highest BCUT2D eigenvalue weighted by Gasteiger charge is 2.38. The third kappa shape index (κ3) is 1.58. The third-order valence-corrected chi connectivity index (χ3v) is 6.37. The number of hydrogen-bond donors (Lipinski definition) is 0. The lowest BCUT2D eigenvalue weighted by Gasteiger charge is -2.28. The van der Waals surface area contributed by atoms with E-state index in [0.717, 1.165) is 0 Å². The predicted molar refractivity (Wildman–Crippen MR) is 81.8 cm³/mol. The Morgan fingerprint density at radius 1 is 0.833 bits per heavy atom. The Kier molecular flexibility index (Phi) is 2.49. The van der Waals surface area contributed by atoms with Crippen molar-refractivity contribution in [1.29, 1.82) is 0 Å². The van der Waals surface area contributed by atoms with Gasteiger partial charge in [0.2, 0.25) is 0 Å². The summed E-state index contributed by atoms with van der Waals surface area (Å²) in [6.45, 7) is 9.71. The van der Waals surface area contributed by atoms with E-state index in [1.54, 1.807) is 11.1 Å². The van der Waals surface area contributed by atoms with E-state index in [0.29, 0.717) is 5.54 Å². The van der Waals surface area contributed by atoms with Crippen LogP contribution >= 0.6 is 0 Å². The minimum atomic E-state index is -1.26. The second kappa shape index (κ2) is 3.82. The second-order valence-corrected chi connectivity index (χ2v) is 11.7. The van der Waals surface area contributed by atoms with E-state index >= 15 is 0 Å². The molecule has 0 saturated carbocycles. The van der Waals surface area contributed by atoms with Gasteiger partial charge in [0.15, 0.2) is 0 Å². The molecular formula is C17H20Si. The van der Waals surface area contributed by atoms with E-state index in [2.05, 4.69) is 69.0 Å². The molecule has 18 heavy (non-hydrogen) atoms. The number of benzene rings is 2. The molecule has 0 aliphatic heterocycles. The zero-order valence-electron chi connectivity index (χ0n) is 11.6. The minimum absolute atomic E-state index is 0.657. The van der Waals surface area contributed by atoms with Crippen molar-refractivity contribution in [2.75, 3.05) is 0 Å². The van der Waals surface area contributed by atoms with E-state index in [4.69, 9.17) is 0 Å². The van der Waals surface area contributed by atoms with Crippen molar-refractivity contribution >= 4 is 8.07 Å². The van der Waals surface area contributed by atoms with Crippen LogP contribution < -0.4 is 0 Å². The first-order valence-corrected chi connectivity index (χ1v) is 10.3. The molecule has 1 unspecified atom stereocenters. The van der Waals surface area contributed by atoms with E-state index in [9.17, 15) is 0 Å². The van der Waals surface area contributed by atoms with Crippen LogP contribution in [-0.4, -0.2) is 8.07 Å². The summed E-state index contributed by atoms with van der Waals surface area (Å²) in [5, 5.41) is 0. The molecule has 2 aromatic rings. The molecule has 2 aromatic carbocycles. The zero-order chi connectivity index (χ0) is 12.9. The Labute approximate surface area is 111 Å². The second-order valence-electron chi connectivity index (χ2n) is 6.42. The average Bonchev–Trinajstić information content (AvgIpc) is 2.65. The summed E-state index contributed by atoms with van der Waals surface area (Å²) < 4.78 is 0. The Balaban J connectivity index is 2.36. The van der Waals surface area contributed by atoms with E-state index < -0.39 is 8.07 Å². The molecular weight excluding hydrogens is 232 g/mol. The molecule has 92 valence electrons. The van der Waals surface area contributed by atoms with Gasteiger partial charge in [-0.2, -0.15) is 0 Å². The molecule has 1 atom stereocenters. The SMILES string of the molecule is Cc1cccc2c1C([Si](C)(C)C)c1ccccc1-2. The highest BCUT2D eigenvalue weighted by molar-refractivity contribution is 6.78. The molecule has 1 heteroatoms. The molecule has 0 fully saturated rings. The van der Waals surface area contributed by atoms with Crippen molar-refractivity contribution in [2.24, 2.45) is 0 Å². The minimum Gasteiger partial charge on any atom is -0.0688 e. The fourth-order valence-electron chi connectivity index (χ4n) is 3.35. The van der Waals surface area contributed by atoms with Gasteiger partial charge in [0.25, 0.3) is 0 Å². The fourth-order valence-corrected chi connectivity index (χ4v) is 5.78. The van der Waals surface area contributed by atoms with Crippen LogP contribution in [0.5, 0.6) is 0 Å². The van der Waals surface area contributed by atoms with Crippen LogP contribution in [0.1, 0.15) is 22.2 Å². The van der Waals surface area contributed by atoms with E-state index in [1.165, 1.54) is 16.7 Å². The molecule has 0 radical (unpaired) electrons. The summed E-state index contributed by atoms with van der Waals surface area (Å²) in [5.74, 6) is 0. The van der Waals surface area contributed by atoms with Crippen molar-refractivity contribution in [1.82, 2.24) is 0 Å². The van der Waals surface area contributed by atoms with Gasteiger partial charge in [-0.25, -0.2) is 0 Å². The first-order valence-electron chi connectivity index (χ1n) is 6.69. The Hall–Kier alpha value is -1.34. The molecule has 1 aliphatic carbocycles. The molecule has 0 bridgehead atoms. The lowest BCUT2D eigenvalue weighted by atomic mass is 10.0. The number of aryl methyl sites for hydroxylation is 1. The molecule has 0 N–H and O–H groups in total. The van der Waals surface area contributed by atoms with E-state index in [-0.39, 0.29) is 0 Å². The zero-order valence-corrected chi connectivity index (χ0v) is 12.6. The summed E-state index contributed by atoms with van der Waals surface area (Å²) in [6, 6.07) is 15.7. The van der Waals surface area contributed by atoms with Gasteiger partial charge in [0, 0.05) is 5.54 Å². The van der Waals surface area contributed by atoms with Gasteiger partial charge in [-0.1, -0.05) is 62.1 Å². The number of hydrogen-bond acceptors (Lipinski definition) is 0. The third-order valence-electron chi connectivity index (χ3n) is 4.04. The lowest BCUT2D eigenvalue weighted by Crippen LogP contribution is -2.30. The van der Waals surface area contributed by atoms with Crippen molar-refractivity contribution in [3.8, 4) is 11.1 Å². The highest BCUT2D eigenvalue weighted by Crippen LogP contribution is 2.49. The smallest absolute Gasteiger partial charge is 0.0574 e. The van der Waals surface area contributed by atoms with Gasteiger partial charge >= 0.3 is 0 Å². The highest BCUT2D eigenvalue weighted by atomic mass is 28.3. The molecule has 0 amide bonds. The predicted octanol–water partition coefficient (Wildman–Crippen LogP) is 4.98. The maximum absolute atomic E-state index is 2.48. The summed E-state index contributed by atoms with van der Waals surface area (Å²) >= 11 is 0.